The molecular formula is C15H25N3O4S. The van der Waals surface area contributed by atoms with E-state index in [0.29, 0.717) is 12.8 Å². The van der Waals surface area contributed by atoms with Crippen LogP contribution in [0, 0.1) is 0 Å². The molecule has 0 bridgehead atoms. The lowest BCUT2D eigenvalue weighted by Gasteiger charge is -2.23. The normalized spacial score (nSPS) is 18.5. The van der Waals surface area contributed by atoms with Crippen molar-refractivity contribution in [1.29, 1.82) is 0 Å². The zero-order valence-electron chi connectivity index (χ0n) is 14.1. The summed E-state index contributed by atoms with van der Waals surface area (Å²) in [7, 11) is -0.335. The lowest BCUT2D eigenvalue weighted by Crippen LogP contribution is -2.39. The second kappa shape index (κ2) is 6.60. The van der Waals surface area contributed by atoms with Crippen LogP contribution in [0.3, 0.4) is 0 Å². The van der Waals surface area contributed by atoms with E-state index in [1.165, 1.54) is 7.11 Å². The molecule has 130 valence electrons. The van der Waals surface area contributed by atoms with Crippen molar-refractivity contribution in [2.24, 2.45) is 7.05 Å². The highest BCUT2D eigenvalue weighted by Crippen LogP contribution is 2.31. The first-order chi connectivity index (χ1) is 10.6. The zero-order chi connectivity index (χ0) is 17.3. The molecule has 0 aliphatic heterocycles. The molecule has 1 aromatic rings. The van der Waals surface area contributed by atoms with Crippen LogP contribution >= 0.6 is 0 Å². The molecule has 0 fully saturated rings. The number of aromatic nitrogens is 2. The van der Waals surface area contributed by atoms with Gasteiger partial charge in [0, 0.05) is 25.9 Å². The van der Waals surface area contributed by atoms with E-state index in [1.807, 2.05) is 13.8 Å². The van der Waals surface area contributed by atoms with Crippen LogP contribution in [0.4, 0.5) is 0 Å². The number of nitrogens with one attached hydrogen (secondary N) is 1. The number of hydrogen-bond acceptors (Lipinski definition) is 5. The van der Waals surface area contributed by atoms with Crippen molar-refractivity contribution < 1.29 is 17.9 Å². The minimum Gasteiger partial charge on any atom is -0.379 e. The fraction of sp³-hybridized carbons (Fsp3) is 0.733. The standard InChI is InChI=1S/C15H25N3O4S/c1-15(2,22-4)8-9-23(20,21)17-14(19)11-6-5-7-13-12(11)10-18(3)16-13/h10-11H,5-9H2,1-4H3,(H,17,19)/t11-/m1/s1. The van der Waals surface area contributed by atoms with Gasteiger partial charge in [-0.2, -0.15) is 5.10 Å². The van der Waals surface area contributed by atoms with Crippen molar-refractivity contribution in [2.75, 3.05) is 12.9 Å². The topological polar surface area (TPSA) is 90.3 Å². The van der Waals surface area contributed by atoms with Gasteiger partial charge in [-0.25, -0.2) is 8.42 Å². The Balaban J connectivity index is 2.04. The molecule has 23 heavy (non-hydrogen) atoms. The van der Waals surface area contributed by atoms with Gasteiger partial charge in [-0.3, -0.25) is 14.2 Å². The lowest BCUT2D eigenvalue weighted by molar-refractivity contribution is -0.121. The third-order valence-electron chi connectivity index (χ3n) is 4.32. The fourth-order valence-corrected chi connectivity index (χ4v) is 4.01. The van der Waals surface area contributed by atoms with E-state index in [4.69, 9.17) is 4.74 Å². The Kier molecular flexibility index (Phi) is 5.15. The maximum atomic E-state index is 12.4. The monoisotopic (exact) mass is 343 g/mol. The van der Waals surface area contributed by atoms with Gasteiger partial charge in [-0.15, -0.1) is 0 Å². The molecule has 8 heteroatoms. The molecule has 1 amide bonds. The molecule has 1 aliphatic rings. The minimum atomic E-state index is -3.68. The first-order valence-electron chi connectivity index (χ1n) is 7.75. The van der Waals surface area contributed by atoms with Gasteiger partial charge in [-0.05, 0) is 39.5 Å². The predicted molar refractivity (Wildman–Crippen MR) is 86.5 cm³/mol. The van der Waals surface area contributed by atoms with Crippen LogP contribution in [0.2, 0.25) is 0 Å². The molecule has 1 atom stereocenters. The first-order valence-corrected chi connectivity index (χ1v) is 9.41. The lowest BCUT2D eigenvalue weighted by atomic mass is 9.87. The Labute approximate surface area is 137 Å². The third kappa shape index (κ3) is 4.54. The van der Waals surface area contributed by atoms with Crippen molar-refractivity contribution in [3.8, 4) is 0 Å². The average Bonchev–Trinajstić information content (AvgIpc) is 2.85. The zero-order valence-corrected chi connectivity index (χ0v) is 14.9. The van der Waals surface area contributed by atoms with Gasteiger partial charge in [0.25, 0.3) is 0 Å². The third-order valence-corrected chi connectivity index (χ3v) is 5.57. The molecule has 1 N–H and O–H groups in total. The Hall–Kier alpha value is -1.41. The number of methoxy groups -OCH3 is 1. The van der Waals surface area contributed by atoms with E-state index in [9.17, 15) is 13.2 Å². The molecule has 0 radical (unpaired) electrons. The molecule has 7 nitrogen and oxygen atoms in total. The van der Waals surface area contributed by atoms with Gasteiger partial charge >= 0.3 is 0 Å². The van der Waals surface area contributed by atoms with E-state index >= 15 is 0 Å². The highest BCUT2D eigenvalue weighted by molar-refractivity contribution is 7.90. The van der Waals surface area contributed by atoms with E-state index in [2.05, 4.69) is 9.82 Å². The average molecular weight is 343 g/mol. The number of carbonyl (C=O) groups is 1. The number of fused-ring (bicyclic) bond motifs is 1. The summed E-state index contributed by atoms with van der Waals surface area (Å²) in [6.45, 7) is 3.63. The number of ether oxygens (including phenoxy) is 1. The van der Waals surface area contributed by atoms with Crippen LogP contribution in [0.15, 0.2) is 6.20 Å². The molecule has 0 saturated heterocycles. The summed E-state index contributed by atoms with van der Waals surface area (Å²) in [6.07, 6.45) is 4.42. The number of aryl methyl sites for hydroxylation is 2. The molecule has 0 unspecified atom stereocenters. The van der Waals surface area contributed by atoms with E-state index in [1.54, 1.807) is 17.9 Å². The Morgan fingerprint density at radius 1 is 1.52 bits per heavy atom. The number of hydrogen-bond donors (Lipinski definition) is 1. The molecule has 1 aliphatic carbocycles. The fourth-order valence-electron chi connectivity index (χ4n) is 2.70. The molecule has 2 rings (SSSR count). The molecule has 1 aromatic heterocycles. The number of amides is 1. The number of carbonyl (C=O) groups excluding carboxylic acids is 1. The molecule has 0 aromatic carbocycles. The minimum absolute atomic E-state index is 0.147. The highest BCUT2D eigenvalue weighted by atomic mass is 32.2. The van der Waals surface area contributed by atoms with Crippen molar-refractivity contribution in [2.45, 2.75) is 51.0 Å². The van der Waals surface area contributed by atoms with Crippen LogP contribution in [0.1, 0.15) is 50.3 Å². The number of nitrogens with zero attached hydrogens (tertiary/aromatic N) is 2. The molecular weight excluding hydrogens is 318 g/mol. The summed E-state index contributed by atoms with van der Waals surface area (Å²) in [4.78, 5) is 12.4. The summed E-state index contributed by atoms with van der Waals surface area (Å²) in [5, 5.41) is 4.33. The van der Waals surface area contributed by atoms with Crippen molar-refractivity contribution in [3.63, 3.8) is 0 Å². The maximum absolute atomic E-state index is 12.4. The SMILES string of the molecule is COC(C)(C)CCS(=O)(=O)NC(=O)[C@@H]1CCCc2nn(C)cc21. The van der Waals surface area contributed by atoms with Gasteiger partial charge < -0.3 is 4.74 Å². The molecule has 0 saturated carbocycles. The smallest absolute Gasteiger partial charge is 0.241 e. The van der Waals surface area contributed by atoms with Crippen molar-refractivity contribution in [1.82, 2.24) is 14.5 Å². The van der Waals surface area contributed by atoms with Gasteiger partial charge in [0.1, 0.15) is 0 Å². The van der Waals surface area contributed by atoms with E-state index in [0.717, 1.165) is 24.1 Å². The Morgan fingerprint density at radius 3 is 2.87 bits per heavy atom. The Morgan fingerprint density at radius 2 is 2.22 bits per heavy atom. The summed E-state index contributed by atoms with van der Waals surface area (Å²) in [5.74, 6) is -1.06. The van der Waals surface area contributed by atoms with Gasteiger partial charge in [-0.1, -0.05) is 0 Å². The summed E-state index contributed by atoms with van der Waals surface area (Å²) >= 11 is 0. The van der Waals surface area contributed by atoms with Gasteiger partial charge in [0.05, 0.1) is 23.0 Å². The van der Waals surface area contributed by atoms with E-state index in [-0.39, 0.29) is 5.75 Å². The van der Waals surface area contributed by atoms with Crippen LogP contribution in [0.5, 0.6) is 0 Å². The van der Waals surface area contributed by atoms with Crippen molar-refractivity contribution >= 4 is 15.9 Å². The maximum Gasteiger partial charge on any atom is 0.241 e. The first kappa shape index (κ1) is 17.9. The van der Waals surface area contributed by atoms with Crippen LogP contribution < -0.4 is 4.72 Å². The second-order valence-electron chi connectivity index (χ2n) is 6.65. The summed E-state index contributed by atoms with van der Waals surface area (Å²) in [5.41, 5.74) is 1.18. The summed E-state index contributed by atoms with van der Waals surface area (Å²) in [6, 6.07) is 0. The molecule has 1 heterocycles. The van der Waals surface area contributed by atoms with Gasteiger partial charge in [0.15, 0.2) is 0 Å². The quantitative estimate of drug-likeness (QED) is 0.835. The van der Waals surface area contributed by atoms with Crippen LogP contribution in [-0.4, -0.2) is 42.6 Å². The van der Waals surface area contributed by atoms with Crippen LogP contribution in [0.25, 0.3) is 0 Å². The molecule has 0 spiro atoms. The Bertz CT molecular complexity index is 679. The van der Waals surface area contributed by atoms with Crippen LogP contribution in [-0.2, 0) is 33.0 Å². The summed E-state index contributed by atoms with van der Waals surface area (Å²) < 4.78 is 33.4. The predicted octanol–water partition coefficient (Wildman–Crippen LogP) is 1.10. The van der Waals surface area contributed by atoms with Crippen molar-refractivity contribution in [3.05, 3.63) is 17.5 Å². The highest BCUT2D eigenvalue weighted by Gasteiger charge is 2.31. The largest absolute Gasteiger partial charge is 0.379 e. The van der Waals surface area contributed by atoms with Gasteiger partial charge in [0.2, 0.25) is 15.9 Å². The van der Waals surface area contributed by atoms with E-state index < -0.39 is 27.4 Å². The number of rotatable bonds is 6. The number of sulfonamides is 1. The second-order valence-corrected chi connectivity index (χ2v) is 8.49.